The number of nitrogens with zero attached hydrogens (tertiary/aromatic N) is 3. The molecule has 0 aliphatic heterocycles. The number of H-pyrrole nitrogens is 1. The maximum atomic E-state index is 12.7. The summed E-state index contributed by atoms with van der Waals surface area (Å²) in [6.45, 7) is 5.05. The van der Waals surface area contributed by atoms with Crippen LogP contribution in [0.4, 0.5) is 10.5 Å². The predicted octanol–water partition coefficient (Wildman–Crippen LogP) is 2.99. The van der Waals surface area contributed by atoms with Gasteiger partial charge in [-0.1, -0.05) is 19.1 Å². The van der Waals surface area contributed by atoms with Gasteiger partial charge in [0.2, 0.25) is 0 Å². The average Bonchev–Trinajstić information content (AvgIpc) is 3.24. The van der Waals surface area contributed by atoms with E-state index in [1.807, 2.05) is 19.1 Å². The molecule has 0 fully saturated rings. The van der Waals surface area contributed by atoms with E-state index in [0.29, 0.717) is 22.6 Å². The average molecular weight is 411 g/mol. The van der Waals surface area contributed by atoms with Gasteiger partial charge in [0.25, 0.3) is 0 Å². The molecule has 2 amide bonds. The van der Waals surface area contributed by atoms with E-state index in [-0.39, 0.29) is 5.64 Å². The maximum absolute atomic E-state index is 12.7. The molecule has 3 aromatic rings. The van der Waals surface area contributed by atoms with E-state index in [4.69, 9.17) is 5.14 Å². The minimum atomic E-state index is -3.50. The standard InChI is InChI=1S/C16H20N6O3S2.H2/c1-4-9-5-6-10-7-19-21-13(10)12(9)20-15(23)22-27(17,25)11-8-18-14(26-11)16(2,3)24;/h5-8,24H,4H2,1-3H3,(H,19,21)(H3,17,20,22,23,25);1H. The summed E-state index contributed by atoms with van der Waals surface area (Å²) in [5, 5.41) is 26.4. The van der Waals surface area contributed by atoms with E-state index in [2.05, 4.69) is 24.9 Å². The Morgan fingerprint density at radius 2 is 2.22 bits per heavy atom. The summed E-state index contributed by atoms with van der Waals surface area (Å²) in [5.74, 6) is 0. The summed E-state index contributed by atoms with van der Waals surface area (Å²) in [6, 6.07) is 2.94. The molecule has 0 aliphatic carbocycles. The Balaban J connectivity index is 0.00000280. The van der Waals surface area contributed by atoms with Crippen LogP contribution in [0.25, 0.3) is 10.9 Å². The quantitative estimate of drug-likeness (QED) is 0.522. The molecule has 0 saturated carbocycles. The smallest absolute Gasteiger partial charge is 0.354 e. The fourth-order valence-electron chi connectivity index (χ4n) is 2.47. The second-order valence-corrected chi connectivity index (χ2v) is 9.47. The third kappa shape index (κ3) is 4.00. The number of carbonyl (C=O) groups is 1. The number of hydrogen-bond donors (Lipinski definition) is 4. The van der Waals surface area contributed by atoms with Gasteiger partial charge in [-0.2, -0.15) is 5.10 Å². The lowest BCUT2D eigenvalue weighted by Crippen LogP contribution is -2.17. The van der Waals surface area contributed by atoms with E-state index >= 15 is 0 Å². The number of benzene rings is 1. The Hall–Kier alpha value is -2.34. The van der Waals surface area contributed by atoms with E-state index in [0.717, 1.165) is 22.3 Å². The summed E-state index contributed by atoms with van der Waals surface area (Å²) in [5.41, 5.74) is 0.856. The van der Waals surface area contributed by atoms with Crippen molar-refractivity contribution < 1.29 is 15.5 Å². The highest BCUT2D eigenvalue weighted by Gasteiger charge is 2.23. The molecule has 0 bridgehead atoms. The molecule has 0 radical (unpaired) electrons. The van der Waals surface area contributed by atoms with Crippen molar-refractivity contribution in [2.45, 2.75) is 37.0 Å². The number of carbonyl (C=O) groups excluding carboxylic acids is 1. The van der Waals surface area contributed by atoms with Crippen molar-refractivity contribution in [3.63, 3.8) is 0 Å². The zero-order chi connectivity index (χ0) is 19.8. The number of hydrogen-bond acceptors (Lipinski definition) is 6. The van der Waals surface area contributed by atoms with Crippen molar-refractivity contribution in [2.75, 3.05) is 5.32 Å². The Bertz CT molecular complexity index is 1130. The number of aryl methyl sites for hydroxylation is 1. The summed E-state index contributed by atoms with van der Waals surface area (Å²) >= 11 is 0.955. The Labute approximate surface area is 161 Å². The number of aromatic amines is 1. The van der Waals surface area contributed by atoms with Crippen LogP contribution in [0.15, 0.2) is 33.1 Å². The number of aliphatic hydroxyl groups is 1. The molecule has 2 heterocycles. The van der Waals surface area contributed by atoms with Gasteiger partial charge in [-0.25, -0.2) is 19.1 Å². The number of fused-ring (bicyclic) bond motifs is 1. The molecule has 1 aromatic carbocycles. The number of nitrogens with one attached hydrogen (secondary N) is 2. The van der Waals surface area contributed by atoms with Crippen LogP contribution in [0.3, 0.4) is 0 Å². The van der Waals surface area contributed by atoms with E-state index in [9.17, 15) is 14.1 Å². The molecule has 1 atom stereocenters. The van der Waals surface area contributed by atoms with Gasteiger partial charge in [-0.3, -0.25) is 5.10 Å². The lowest BCUT2D eigenvalue weighted by molar-refractivity contribution is 0.0783. The van der Waals surface area contributed by atoms with Crippen molar-refractivity contribution in [3.05, 3.63) is 35.1 Å². The number of amides is 2. The molecular formula is C16H22N6O3S2. The van der Waals surface area contributed by atoms with Crippen molar-refractivity contribution in [2.24, 2.45) is 9.50 Å². The third-order valence-corrected chi connectivity index (χ3v) is 7.02. The van der Waals surface area contributed by atoms with Crippen molar-refractivity contribution in [3.8, 4) is 0 Å². The molecule has 2 aromatic heterocycles. The number of aromatic nitrogens is 3. The van der Waals surface area contributed by atoms with Crippen LogP contribution in [0, 0.1) is 0 Å². The summed E-state index contributed by atoms with van der Waals surface area (Å²) in [4.78, 5) is 16.4. The Kier molecular flexibility index (Phi) is 5.04. The lowest BCUT2D eigenvalue weighted by Gasteiger charge is -2.12. The molecular weight excluding hydrogens is 388 g/mol. The molecule has 1 unspecified atom stereocenters. The van der Waals surface area contributed by atoms with Gasteiger partial charge < -0.3 is 10.4 Å². The topological polar surface area (TPSA) is 146 Å². The van der Waals surface area contributed by atoms with Crippen molar-refractivity contribution in [1.82, 2.24) is 15.2 Å². The Morgan fingerprint density at radius 1 is 1.48 bits per heavy atom. The highest BCUT2D eigenvalue weighted by Crippen LogP contribution is 2.29. The van der Waals surface area contributed by atoms with Crippen LogP contribution < -0.4 is 10.5 Å². The first kappa shape index (κ1) is 19.4. The van der Waals surface area contributed by atoms with Crippen LogP contribution in [-0.2, 0) is 21.9 Å². The molecule has 0 aliphatic rings. The molecule has 146 valence electrons. The van der Waals surface area contributed by atoms with Crippen LogP contribution in [0.1, 0.15) is 32.8 Å². The second kappa shape index (κ2) is 7.00. The number of thiazole rings is 1. The van der Waals surface area contributed by atoms with Crippen molar-refractivity contribution >= 4 is 43.9 Å². The van der Waals surface area contributed by atoms with Gasteiger partial charge in [0.05, 0.1) is 23.6 Å². The molecule has 3 rings (SSSR count). The first-order valence-electron chi connectivity index (χ1n) is 8.11. The zero-order valence-electron chi connectivity index (χ0n) is 15.0. The first-order valence-corrected chi connectivity index (χ1v) is 10.5. The van der Waals surface area contributed by atoms with Crippen LogP contribution in [-0.4, -0.2) is 30.5 Å². The zero-order valence-corrected chi connectivity index (χ0v) is 16.6. The van der Waals surface area contributed by atoms with Gasteiger partial charge in [-0.05, 0) is 25.8 Å². The SMILES string of the molecule is CCc1ccc2cn[nH]c2c1NC(=O)N=S(N)(=O)c1cnc(C(C)(C)O)s1.[HH]. The van der Waals surface area contributed by atoms with Gasteiger partial charge in [0.1, 0.15) is 14.8 Å². The normalized spacial score (nSPS) is 14.1. The van der Waals surface area contributed by atoms with Crippen LogP contribution in [0.2, 0.25) is 0 Å². The highest BCUT2D eigenvalue weighted by atomic mass is 32.2. The maximum Gasteiger partial charge on any atom is 0.354 e. The molecule has 9 nitrogen and oxygen atoms in total. The number of rotatable bonds is 4. The van der Waals surface area contributed by atoms with Gasteiger partial charge >= 0.3 is 6.03 Å². The molecule has 0 saturated heterocycles. The summed E-state index contributed by atoms with van der Waals surface area (Å²) in [7, 11) is -3.50. The first-order chi connectivity index (χ1) is 12.6. The largest absolute Gasteiger partial charge is 0.383 e. The molecule has 5 N–H and O–H groups in total. The van der Waals surface area contributed by atoms with E-state index < -0.39 is 21.5 Å². The molecule has 27 heavy (non-hydrogen) atoms. The van der Waals surface area contributed by atoms with Gasteiger partial charge in [0, 0.05) is 6.81 Å². The van der Waals surface area contributed by atoms with Gasteiger partial charge in [0.15, 0.2) is 9.92 Å². The number of anilines is 1. The molecule has 11 heteroatoms. The van der Waals surface area contributed by atoms with Crippen LogP contribution in [0.5, 0.6) is 0 Å². The van der Waals surface area contributed by atoms with E-state index in [1.165, 1.54) is 6.20 Å². The van der Waals surface area contributed by atoms with Crippen molar-refractivity contribution in [1.29, 1.82) is 0 Å². The monoisotopic (exact) mass is 410 g/mol. The third-order valence-electron chi connectivity index (χ3n) is 3.83. The highest BCUT2D eigenvalue weighted by molar-refractivity contribution is 7.93. The fourth-order valence-corrected chi connectivity index (χ4v) is 4.53. The Morgan fingerprint density at radius 3 is 2.85 bits per heavy atom. The van der Waals surface area contributed by atoms with E-state index in [1.54, 1.807) is 20.0 Å². The minimum Gasteiger partial charge on any atom is -0.383 e. The molecule has 0 spiro atoms. The lowest BCUT2D eigenvalue weighted by atomic mass is 10.1. The summed E-state index contributed by atoms with van der Waals surface area (Å²) < 4.78 is 16.5. The van der Waals surface area contributed by atoms with Gasteiger partial charge in [-0.15, -0.1) is 15.7 Å². The number of nitrogens with two attached hydrogens (primary N) is 1. The van der Waals surface area contributed by atoms with Crippen LogP contribution >= 0.6 is 11.3 Å². The minimum absolute atomic E-state index is 0. The number of urea groups is 1. The summed E-state index contributed by atoms with van der Waals surface area (Å²) in [6.07, 6.45) is 3.58. The second-order valence-electron chi connectivity index (χ2n) is 6.42. The predicted molar refractivity (Wildman–Crippen MR) is 107 cm³/mol. The fraction of sp³-hybridized carbons (Fsp3) is 0.312.